The van der Waals surface area contributed by atoms with Crippen LogP contribution in [0.4, 0.5) is 0 Å². The van der Waals surface area contributed by atoms with Crippen LogP contribution in [0.3, 0.4) is 0 Å². The van der Waals surface area contributed by atoms with Gasteiger partial charge in [-0.1, -0.05) is 23.7 Å². The molecule has 2 unspecified atom stereocenters. The van der Waals surface area contributed by atoms with Crippen molar-refractivity contribution in [3.8, 4) is 0 Å². The molecule has 0 aliphatic carbocycles. The van der Waals surface area contributed by atoms with Crippen molar-refractivity contribution in [3.63, 3.8) is 0 Å². The Labute approximate surface area is 149 Å². The molecule has 2 heterocycles. The molecule has 0 bridgehead atoms. The summed E-state index contributed by atoms with van der Waals surface area (Å²) in [5.74, 6) is 0. The predicted molar refractivity (Wildman–Crippen MR) is 95.5 cm³/mol. The molecule has 4 nitrogen and oxygen atoms in total. The van der Waals surface area contributed by atoms with Crippen LogP contribution in [0.25, 0.3) is 0 Å². The first-order valence-electron chi connectivity index (χ1n) is 7.32. The van der Waals surface area contributed by atoms with Gasteiger partial charge in [0, 0.05) is 56.9 Å². The number of benzene rings is 1. The summed E-state index contributed by atoms with van der Waals surface area (Å²) < 4.78 is 0. The highest BCUT2D eigenvalue weighted by atomic mass is 35.5. The van der Waals surface area contributed by atoms with Crippen LogP contribution in [-0.4, -0.2) is 66.3 Å². The molecule has 2 aliphatic heterocycles. The van der Waals surface area contributed by atoms with Gasteiger partial charge in [0.2, 0.25) is 0 Å². The quantitative estimate of drug-likeness (QED) is 0.851. The third-order valence-corrected chi connectivity index (χ3v) is 4.60. The third kappa shape index (κ3) is 4.96. The Balaban J connectivity index is 0.00000121. The third-order valence-electron chi connectivity index (χ3n) is 4.35. The second-order valence-corrected chi connectivity index (χ2v) is 6.17. The van der Waals surface area contributed by atoms with Crippen molar-refractivity contribution in [3.05, 3.63) is 34.9 Å². The monoisotopic (exact) mass is 367 g/mol. The fourth-order valence-corrected chi connectivity index (χ4v) is 3.25. The van der Waals surface area contributed by atoms with E-state index in [0.29, 0.717) is 6.04 Å². The highest BCUT2D eigenvalue weighted by Crippen LogP contribution is 2.15. The summed E-state index contributed by atoms with van der Waals surface area (Å²) in [7, 11) is 0. The average Bonchev–Trinajstić information content (AvgIpc) is 2.89. The predicted octanol–water partition coefficient (Wildman–Crippen LogP) is 1.63. The first-order chi connectivity index (χ1) is 9.72. The summed E-state index contributed by atoms with van der Waals surface area (Å²) in [6, 6.07) is 8.40. The van der Waals surface area contributed by atoms with Crippen LogP contribution in [-0.2, 0) is 6.54 Å². The molecule has 2 N–H and O–H groups in total. The highest BCUT2D eigenvalue weighted by Gasteiger charge is 2.32. The van der Waals surface area contributed by atoms with Crippen molar-refractivity contribution in [1.82, 2.24) is 15.1 Å². The maximum atomic E-state index is 9.94. The van der Waals surface area contributed by atoms with E-state index in [-0.39, 0.29) is 30.9 Å². The molecular formula is C15H24Cl3N3O. The van der Waals surface area contributed by atoms with Crippen LogP contribution in [0.5, 0.6) is 0 Å². The second-order valence-electron chi connectivity index (χ2n) is 5.73. The van der Waals surface area contributed by atoms with Crippen LogP contribution in [0.1, 0.15) is 5.56 Å². The lowest BCUT2D eigenvalue weighted by Gasteiger charge is -2.38. The van der Waals surface area contributed by atoms with Crippen LogP contribution < -0.4 is 5.32 Å². The fraction of sp³-hybridized carbons (Fsp3) is 0.600. The standard InChI is InChI=1S/C15H22ClN3O.2ClH/c16-13-3-1-12(2-4-13)11-18-5-7-19(8-6-18)14-9-17-10-15(14)20;;/h1-4,14-15,17,20H,5-11H2;2*1H. The normalized spacial score (nSPS) is 26.3. The summed E-state index contributed by atoms with van der Waals surface area (Å²) in [6.45, 7) is 6.83. The van der Waals surface area contributed by atoms with Crippen molar-refractivity contribution in [2.45, 2.75) is 18.7 Å². The van der Waals surface area contributed by atoms with Crippen molar-refractivity contribution in [1.29, 1.82) is 0 Å². The molecular weight excluding hydrogens is 345 g/mol. The molecule has 2 fully saturated rings. The van der Waals surface area contributed by atoms with Gasteiger partial charge in [0.25, 0.3) is 0 Å². The number of piperazine rings is 1. The minimum absolute atomic E-state index is 0. The van der Waals surface area contributed by atoms with Crippen LogP contribution >= 0.6 is 36.4 Å². The summed E-state index contributed by atoms with van der Waals surface area (Å²) in [5.41, 5.74) is 1.31. The number of nitrogens with zero attached hydrogens (tertiary/aromatic N) is 2. The van der Waals surface area contributed by atoms with Gasteiger partial charge in [0.15, 0.2) is 0 Å². The lowest BCUT2D eigenvalue weighted by molar-refractivity contribution is 0.0424. The average molecular weight is 369 g/mol. The zero-order valence-electron chi connectivity index (χ0n) is 12.4. The number of nitrogens with one attached hydrogen (secondary N) is 1. The molecule has 0 radical (unpaired) electrons. The Hall–Kier alpha value is -0.0700. The molecule has 2 saturated heterocycles. The molecule has 0 aromatic heterocycles. The van der Waals surface area contributed by atoms with E-state index in [2.05, 4.69) is 27.2 Å². The fourth-order valence-electron chi connectivity index (χ4n) is 3.12. The number of aliphatic hydroxyl groups excluding tert-OH is 1. The maximum Gasteiger partial charge on any atom is 0.0831 e. The Kier molecular flexibility index (Phi) is 8.43. The number of halogens is 3. The Bertz CT molecular complexity index is 438. The van der Waals surface area contributed by atoms with E-state index in [0.717, 1.165) is 50.8 Å². The van der Waals surface area contributed by atoms with Gasteiger partial charge >= 0.3 is 0 Å². The molecule has 7 heteroatoms. The summed E-state index contributed by atoms with van der Waals surface area (Å²) in [5, 5.41) is 14.0. The van der Waals surface area contributed by atoms with Gasteiger partial charge in [-0.3, -0.25) is 9.80 Å². The molecule has 0 saturated carbocycles. The molecule has 2 atom stereocenters. The number of rotatable bonds is 3. The molecule has 1 aromatic rings. The highest BCUT2D eigenvalue weighted by molar-refractivity contribution is 6.30. The molecule has 22 heavy (non-hydrogen) atoms. The Morgan fingerprint density at radius 2 is 1.68 bits per heavy atom. The number of β-amino-alcohol motifs (C(OH)–C–C–N with tert-alkyl or cyclic N) is 1. The molecule has 1 aromatic carbocycles. The van der Waals surface area contributed by atoms with E-state index >= 15 is 0 Å². The van der Waals surface area contributed by atoms with Gasteiger partial charge in [0.1, 0.15) is 0 Å². The maximum absolute atomic E-state index is 9.94. The van der Waals surface area contributed by atoms with Crippen LogP contribution in [0.2, 0.25) is 5.02 Å². The number of aliphatic hydroxyl groups is 1. The van der Waals surface area contributed by atoms with E-state index in [1.807, 2.05) is 12.1 Å². The van der Waals surface area contributed by atoms with Gasteiger partial charge in [-0.2, -0.15) is 0 Å². The first-order valence-corrected chi connectivity index (χ1v) is 7.70. The van der Waals surface area contributed by atoms with Crippen molar-refractivity contribution >= 4 is 36.4 Å². The van der Waals surface area contributed by atoms with Crippen LogP contribution in [0, 0.1) is 0 Å². The largest absolute Gasteiger partial charge is 0.390 e. The summed E-state index contributed by atoms with van der Waals surface area (Å²) in [4.78, 5) is 4.89. The SMILES string of the molecule is Cl.Cl.OC1CNCC1N1CCN(Cc2ccc(Cl)cc2)CC1. The minimum atomic E-state index is -0.210. The molecule has 0 amide bonds. The number of hydrogen-bond acceptors (Lipinski definition) is 4. The van der Waals surface area contributed by atoms with Gasteiger partial charge in [-0.25, -0.2) is 0 Å². The van der Waals surface area contributed by atoms with E-state index in [1.54, 1.807) is 0 Å². The molecule has 3 rings (SSSR count). The van der Waals surface area contributed by atoms with Crippen molar-refractivity contribution in [2.75, 3.05) is 39.3 Å². The van der Waals surface area contributed by atoms with Crippen molar-refractivity contribution < 1.29 is 5.11 Å². The second kappa shape index (κ2) is 9.28. The van der Waals surface area contributed by atoms with E-state index in [4.69, 9.17) is 11.6 Å². The minimum Gasteiger partial charge on any atom is -0.390 e. The molecule has 2 aliphatic rings. The summed E-state index contributed by atoms with van der Waals surface area (Å²) >= 11 is 5.91. The van der Waals surface area contributed by atoms with Gasteiger partial charge in [-0.05, 0) is 17.7 Å². The number of hydrogen-bond donors (Lipinski definition) is 2. The first kappa shape index (κ1) is 20.0. The van der Waals surface area contributed by atoms with Crippen molar-refractivity contribution in [2.24, 2.45) is 0 Å². The van der Waals surface area contributed by atoms with E-state index < -0.39 is 0 Å². The Morgan fingerprint density at radius 1 is 1.05 bits per heavy atom. The lowest BCUT2D eigenvalue weighted by Crippen LogP contribution is -2.53. The zero-order chi connectivity index (χ0) is 13.9. The van der Waals surface area contributed by atoms with Crippen LogP contribution in [0.15, 0.2) is 24.3 Å². The smallest absolute Gasteiger partial charge is 0.0831 e. The summed E-state index contributed by atoms with van der Waals surface area (Å²) in [6.07, 6.45) is -0.210. The van der Waals surface area contributed by atoms with Gasteiger partial charge in [-0.15, -0.1) is 24.8 Å². The molecule has 0 spiro atoms. The van der Waals surface area contributed by atoms with Gasteiger partial charge < -0.3 is 10.4 Å². The van der Waals surface area contributed by atoms with E-state index in [1.165, 1.54) is 5.56 Å². The Morgan fingerprint density at radius 3 is 2.23 bits per heavy atom. The molecule has 126 valence electrons. The lowest BCUT2D eigenvalue weighted by atomic mass is 10.1. The van der Waals surface area contributed by atoms with Gasteiger partial charge in [0.05, 0.1) is 6.10 Å². The van der Waals surface area contributed by atoms with E-state index in [9.17, 15) is 5.11 Å². The zero-order valence-corrected chi connectivity index (χ0v) is 14.8. The topological polar surface area (TPSA) is 38.7 Å².